The molecule has 1 saturated carbocycles. The van der Waals surface area contributed by atoms with Crippen LogP contribution < -0.4 is 5.32 Å². The van der Waals surface area contributed by atoms with Gasteiger partial charge in [0.2, 0.25) is 5.82 Å². The van der Waals surface area contributed by atoms with Gasteiger partial charge in [-0.05, 0) is 18.4 Å². The van der Waals surface area contributed by atoms with Crippen molar-refractivity contribution in [3.05, 3.63) is 18.1 Å². The molecular weight excluding hydrogens is 194 g/mol. The number of aromatic nitrogens is 2. The number of hydrogen-bond donors (Lipinski definition) is 2. The van der Waals surface area contributed by atoms with E-state index in [1.54, 1.807) is 6.07 Å². The Bertz CT molecular complexity index is 381. The Morgan fingerprint density at radius 2 is 2.53 bits per heavy atom. The molecule has 5 heteroatoms. The van der Waals surface area contributed by atoms with Gasteiger partial charge in [0.25, 0.3) is 0 Å². The Morgan fingerprint density at radius 3 is 3.13 bits per heavy atom. The van der Waals surface area contributed by atoms with E-state index >= 15 is 0 Å². The van der Waals surface area contributed by atoms with E-state index in [4.69, 9.17) is 5.11 Å². The second-order valence-corrected chi connectivity index (χ2v) is 3.73. The molecule has 1 aromatic rings. The van der Waals surface area contributed by atoms with Gasteiger partial charge in [-0.25, -0.2) is 14.8 Å². The van der Waals surface area contributed by atoms with Crippen molar-refractivity contribution in [1.29, 1.82) is 0 Å². The van der Waals surface area contributed by atoms with Gasteiger partial charge in [0, 0.05) is 12.2 Å². The van der Waals surface area contributed by atoms with Gasteiger partial charge in [-0.1, -0.05) is 13.3 Å². The van der Waals surface area contributed by atoms with E-state index < -0.39 is 5.97 Å². The highest BCUT2D eigenvalue weighted by molar-refractivity contribution is 5.83. The maximum atomic E-state index is 10.6. The van der Waals surface area contributed by atoms with Crippen LogP contribution in [-0.4, -0.2) is 27.1 Å². The average molecular weight is 207 g/mol. The minimum absolute atomic E-state index is 0.159. The zero-order valence-electron chi connectivity index (χ0n) is 8.47. The molecule has 0 bridgehead atoms. The van der Waals surface area contributed by atoms with Crippen molar-refractivity contribution in [1.82, 2.24) is 9.97 Å². The molecule has 15 heavy (non-hydrogen) atoms. The number of rotatable bonds is 4. The number of carbonyl (C=O) groups is 1. The summed E-state index contributed by atoms with van der Waals surface area (Å²) in [4.78, 5) is 18.2. The van der Waals surface area contributed by atoms with Crippen LogP contribution in [-0.2, 0) is 0 Å². The second kappa shape index (κ2) is 3.84. The lowest BCUT2D eigenvalue weighted by Gasteiger charge is -2.04. The van der Waals surface area contributed by atoms with E-state index in [0.717, 1.165) is 12.8 Å². The molecule has 2 rings (SSSR count). The van der Waals surface area contributed by atoms with E-state index in [2.05, 4.69) is 22.2 Å². The molecule has 5 nitrogen and oxygen atoms in total. The van der Waals surface area contributed by atoms with Gasteiger partial charge < -0.3 is 10.4 Å². The molecule has 0 radical (unpaired) electrons. The first-order valence-corrected chi connectivity index (χ1v) is 5.03. The second-order valence-electron chi connectivity index (χ2n) is 3.73. The lowest BCUT2D eigenvalue weighted by atomic mass is 10.3. The fourth-order valence-corrected chi connectivity index (χ4v) is 1.61. The molecule has 1 fully saturated rings. The lowest BCUT2D eigenvalue weighted by molar-refractivity contribution is 0.0683. The molecule has 0 amide bonds. The van der Waals surface area contributed by atoms with E-state index in [-0.39, 0.29) is 5.82 Å². The van der Waals surface area contributed by atoms with Crippen molar-refractivity contribution in [2.45, 2.75) is 25.8 Å². The molecular formula is C10H13N3O2. The topological polar surface area (TPSA) is 75.1 Å². The van der Waals surface area contributed by atoms with Crippen LogP contribution in [0.25, 0.3) is 0 Å². The Kier molecular flexibility index (Phi) is 2.53. The molecule has 0 saturated heterocycles. The van der Waals surface area contributed by atoms with Crippen LogP contribution in [0.4, 0.5) is 5.82 Å². The highest BCUT2D eigenvalue weighted by Crippen LogP contribution is 2.35. The van der Waals surface area contributed by atoms with Crippen LogP contribution in [0.1, 0.15) is 30.4 Å². The van der Waals surface area contributed by atoms with Crippen LogP contribution in [0.2, 0.25) is 0 Å². The normalized spacial score (nSPS) is 23.5. The third kappa shape index (κ3) is 2.23. The molecule has 2 N–H and O–H groups in total. The largest absolute Gasteiger partial charge is 0.475 e. The fourth-order valence-electron chi connectivity index (χ4n) is 1.61. The Balaban J connectivity index is 2.03. The summed E-state index contributed by atoms with van der Waals surface area (Å²) >= 11 is 0. The molecule has 0 aromatic carbocycles. The number of nitrogens with zero attached hydrogens (tertiary/aromatic N) is 2. The van der Waals surface area contributed by atoms with Crippen LogP contribution >= 0.6 is 0 Å². The lowest BCUT2D eigenvalue weighted by Crippen LogP contribution is -2.10. The monoisotopic (exact) mass is 207 g/mol. The summed E-state index contributed by atoms with van der Waals surface area (Å²) in [6.07, 6.45) is 3.75. The van der Waals surface area contributed by atoms with Crippen molar-refractivity contribution < 1.29 is 9.90 Å². The smallest absolute Gasteiger partial charge is 0.374 e. The summed E-state index contributed by atoms with van der Waals surface area (Å²) in [5, 5.41) is 11.9. The van der Waals surface area contributed by atoms with Crippen molar-refractivity contribution in [2.24, 2.45) is 5.92 Å². The van der Waals surface area contributed by atoms with Gasteiger partial charge in [0.05, 0.1) is 0 Å². The van der Waals surface area contributed by atoms with Gasteiger partial charge in [0.1, 0.15) is 5.82 Å². The molecule has 1 aromatic heterocycles. The van der Waals surface area contributed by atoms with E-state index in [9.17, 15) is 4.79 Å². The third-order valence-electron chi connectivity index (χ3n) is 2.63. The van der Waals surface area contributed by atoms with Crippen LogP contribution in [0.15, 0.2) is 12.3 Å². The highest BCUT2D eigenvalue weighted by Gasteiger charge is 2.35. The van der Waals surface area contributed by atoms with Crippen LogP contribution in [0.3, 0.4) is 0 Å². The molecule has 0 spiro atoms. The first-order valence-electron chi connectivity index (χ1n) is 5.03. The quantitative estimate of drug-likeness (QED) is 0.780. The molecule has 0 aliphatic heterocycles. The molecule has 1 aliphatic carbocycles. The van der Waals surface area contributed by atoms with Crippen molar-refractivity contribution in [3.63, 3.8) is 0 Å². The van der Waals surface area contributed by atoms with Gasteiger partial charge >= 0.3 is 5.97 Å². The first-order chi connectivity index (χ1) is 7.20. The van der Waals surface area contributed by atoms with E-state index in [1.165, 1.54) is 6.20 Å². The van der Waals surface area contributed by atoms with Gasteiger partial charge in [0.15, 0.2) is 0 Å². The summed E-state index contributed by atoms with van der Waals surface area (Å²) in [5.74, 6) is 0.0479. The number of carboxylic acid groups (broad SMARTS) is 1. The van der Waals surface area contributed by atoms with Gasteiger partial charge in [-0.2, -0.15) is 0 Å². The molecule has 80 valence electrons. The summed E-state index contributed by atoms with van der Waals surface area (Å²) in [7, 11) is 0. The van der Waals surface area contributed by atoms with E-state index in [0.29, 0.717) is 17.8 Å². The minimum atomic E-state index is -1.10. The Hall–Kier alpha value is -1.65. The van der Waals surface area contributed by atoms with Gasteiger partial charge in [-0.3, -0.25) is 0 Å². The third-order valence-corrected chi connectivity index (χ3v) is 2.63. The maximum absolute atomic E-state index is 10.6. The van der Waals surface area contributed by atoms with Crippen LogP contribution in [0, 0.1) is 5.92 Å². The highest BCUT2D eigenvalue weighted by atomic mass is 16.4. The van der Waals surface area contributed by atoms with Crippen molar-refractivity contribution in [3.8, 4) is 0 Å². The predicted octanol–water partition coefficient (Wildman–Crippen LogP) is 1.39. The zero-order valence-corrected chi connectivity index (χ0v) is 8.47. The standard InChI is InChI=1S/C10H13N3O2/c1-2-6-5-7(6)12-8-3-4-11-9(13-8)10(14)15/h3-4,6-7H,2,5H2,1H3,(H,14,15)(H,11,12,13). The Morgan fingerprint density at radius 1 is 1.73 bits per heavy atom. The SMILES string of the molecule is CCC1CC1Nc1ccnc(C(=O)O)n1. The fraction of sp³-hybridized carbons (Fsp3) is 0.500. The maximum Gasteiger partial charge on any atom is 0.374 e. The van der Waals surface area contributed by atoms with Gasteiger partial charge in [-0.15, -0.1) is 0 Å². The van der Waals surface area contributed by atoms with E-state index in [1.807, 2.05) is 0 Å². The molecule has 2 unspecified atom stereocenters. The summed E-state index contributed by atoms with van der Waals surface area (Å²) < 4.78 is 0. The Labute approximate surface area is 87.6 Å². The van der Waals surface area contributed by atoms with Crippen molar-refractivity contribution in [2.75, 3.05) is 5.32 Å². The summed E-state index contributed by atoms with van der Waals surface area (Å²) in [6, 6.07) is 2.14. The average Bonchev–Trinajstić information content (AvgIpc) is 2.97. The number of nitrogens with one attached hydrogen (secondary N) is 1. The minimum Gasteiger partial charge on any atom is -0.475 e. The molecule has 1 aliphatic rings. The number of carboxylic acids is 1. The molecule has 1 heterocycles. The number of aromatic carboxylic acids is 1. The molecule has 2 atom stereocenters. The summed E-state index contributed by atoms with van der Waals surface area (Å²) in [5.41, 5.74) is 0. The first kappa shape index (κ1) is 9.89. The predicted molar refractivity (Wildman–Crippen MR) is 54.8 cm³/mol. The number of hydrogen-bond acceptors (Lipinski definition) is 4. The van der Waals surface area contributed by atoms with Crippen molar-refractivity contribution >= 4 is 11.8 Å². The number of anilines is 1. The zero-order chi connectivity index (χ0) is 10.8. The van der Waals surface area contributed by atoms with Crippen LogP contribution in [0.5, 0.6) is 0 Å². The summed E-state index contributed by atoms with van der Waals surface area (Å²) in [6.45, 7) is 2.15.